The van der Waals surface area contributed by atoms with E-state index < -0.39 is 0 Å². The molecule has 2 N–H and O–H groups in total. The van der Waals surface area contributed by atoms with E-state index in [1.165, 1.54) is 0 Å². The van der Waals surface area contributed by atoms with Gasteiger partial charge in [-0.05, 0) is 25.1 Å². The lowest BCUT2D eigenvalue weighted by Gasteiger charge is -2.29. The highest BCUT2D eigenvalue weighted by Crippen LogP contribution is 2.15. The molecular formula is C15H20Cl2N4O2. The van der Waals surface area contributed by atoms with Gasteiger partial charge >= 0.3 is 0 Å². The molecule has 126 valence electrons. The molecule has 1 aliphatic heterocycles. The van der Waals surface area contributed by atoms with Crippen molar-refractivity contribution >= 4 is 36.4 Å². The summed E-state index contributed by atoms with van der Waals surface area (Å²) in [6, 6.07) is 7.32. The highest BCUT2D eigenvalue weighted by Gasteiger charge is 2.28. The zero-order valence-electron chi connectivity index (χ0n) is 12.6. The Morgan fingerprint density at radius 2 is 2.26 bits per heavy atom. The molecule has 6 nitrogen and oxygen atoms in total. The molecule has 23 heavy (non-hydrogen) atoms. The van der Waals surface area contributed by atoms with Crippen molar-refractivity contribution in [1.82, 2.24) is 14.9 Å². The number of carbonyl (C=O) groups excluding carboxylic acids is 1. The minimum Gasteiger partial charge on any atom is -0.375 e. The summed E-state index contributed by atoms with van der Waals surface area (Å²) in [5.41, 5.74) is 1.71. The molecule has 1 fully saturated rings. The molecule has 0 bridgehead atoms. The monoisotopic (exact) mass is 358 g/mol. The van der Waals surface area contributed by atoms with Gasteiger partial charge < -0.3 is 19.9 Å². The third kappa shape index (κ3) is 4.68. The number of imidazole rings is 1. The number of ether oxygens (including phenoxy) is 1. The summed E-state index contributed by atoms with van der Waals surface area (Å²) in [4.78, 5) is 16.3. The number of carbonyl (C=O) groups is 1. The Kier molecular flexibility index (Phi) is 7.51. The zero-order chi connectivity index (χ0) is 14.7. The topological polar surface area (TPSA) is 68.2 Å². The molecule has 3 rings (SSSR count). The molecule has 2 atom stereocenters. The quantitative estimate of drug-likeness (QED) is 0.880. The molecule has 2 aromatic rings. The third-order valence-electron chi connectivity index (χ3n) is 3.52. The van der Waals surface area contributed by atoms with E-state index in [1.54, 1.807) is 12.5 Å². The predicted molar refractivity (Wildman–Crippen MR) is 93.9 cm³/mol. The number of anilines is 1. The van der Waals surface area contributed by atoms with Crippen LogP contribution in [0, 0.1) is 0 Å². The van der Waals surface area contributed by atoms with E-state index in [1.807, 2.05) is 42.0 Å². The smallest absolute Gasteiger partial charge is 0.244 e. The summed E-state index contributed by atoms with van der Waals surface area (Å²) in [5, 5.41) is 6.11. The van der Waals surface area contributed by atoms with E-state index in [2.05, 4.69) is 15.6 Å². The first-order chi connectivity index (χ1) is 10.2. The highest BCUT2D eigenvalue weighted by atomic mass is 35.5. The summed E-state index contributed by atoms with van der Waals surface area (Å²) >= 11 is 0. The van der Waals surface area contributed by atoms with Crippen molar-refractivity contribution in [2.45, 2.75) is 19.1 Å². The van der Waals surface area contributed by atoms with E-state index in [4.69, 9.17) is 4.74 Å². The van der Waals surface area contributed by atoms with E-state index >= 15 is 0 Å². The molecule has 8 heteroatoms. The van der Waals surface area contributed by atoms with Crippen molar-refractivity contribution < 1.29 is 9.53 Å². The Bertz CT molecular complexity index is 622. The van der Waals surface area contributed by atoms with Crippen LogP contribution in [0.4, 0.5) is 5.69 Å². The molecule has 0 spiro atoms. The maximum atomic E-state index is 12.3. The second-order valence-corrected chi connectivity index (χ2v) is 5.02. The molecule has 0 radical (unpaired) electrons. The van der Waals surface area contributed by atoms with Crippen molar-refractivity contribution in [2.24, 2.45) is 0 Å². The average molecular weight is 359 g/mol. The maximum absolute atomic E-state index is 12.3. The van der Waals surface area contributed by atoms with E-state index in [-0.39, 0.29) is 42.9 Å². The van der Waals surface area contributed by atoms with Gasteiger partial charge in [-0.2, -0.15) is 0 Å². The minimum absolute atomic E-state index is 0. The SMILES string of the molecule is C[C@H]1OCCN[C@@H]1C(=O)Nc1cccc(-n2ccnc2)c1.Cl.Cl. The van der Waals surface area contributed by atoms with Crippen LogP contribution >= 0.6 is 24.8 Å². The molecule has 0 saturated carbocycles. The Morgan fingerprint density at radius 1 is 1.43 bits per heavy atom. The number of nitrogens with zero attached hydrogens (tertiary/aromatic N) is 2. The lowest BCUT2D eigenvalue weighted by atomic mass is 10.1. The average Bonchev–Trinajstić information content (AvgIpc) is 3.02. The van der Waals surface area contributed by atoms with Crippen LogP contribution in [-0.2, 0) is 9.53 Å². The molecule has 1 amide bonds. The van der Waals surface area contributed by atoms with E-state index in [0.29, 0.717) is 13.2 Å². The van der Waals surface area contributed by atoms with Gasteiger partial charge in [0.15, 0.2) is 0 Å². The lowest BCUT2D eigenvalue weighted by molar-refractivity contribution is -0.123. The first-order valence-corrected chi connectivity index (χ1v) is 6.98. The normalized spacial score (nSPS) is 20.0. The van der Waals surface area contributed by atoms with Crippen LogP contribution in [0.3, 0.4) is 0 Å². The van der Waals surface area contributed by atoms with Crippen molar-refractivity contribution in [2.75, 3.05) is 18.5 Å². The van der Waals surface area contributed by atoms with Gasteiger partial charge in [-0.3, -0.25) is 4.79 Å². The Balaban J connectivity index is 0.00000132. The number of halogens is 2. The number of hydrogen-bond donors (Lipinski definition) is 2. The summed E-state index contributed by atoms with van der Waals surface area (Å²) in [7, 11) is 0. The van der Waals surface area contributed by atoms with Crippen LogP contribution in [-0.4, -0.2) is 40.8 Å². The van der Waals surface area contributed by atoms with Crippen molar-refractivity contribution in [3.63, 3.8) is 0 Å². The Hall–Kier alpha value is -1.60. The van der Waals surface area contributed by atoms with Gasteiger partial charge in [0.1, 0.15) is 6.04 Å². The number of morpholine rings is 1. The first-order valence-electron chi connectivity index (χ1n) is 6.98. The summed E-state index contributed by atoms with van der Waals surface area (Å²) in [6.45, 7) is 3.23. The number of rotatable bonds is 3. The molecule has 1 saturated heterocycles. The van der Waals surface area contributed by atoms with Gasteiger partial charge in [0, 0.05) is 30.3 Å². The van der Waals surface area contributed by atoms with Gasteiger partial charge in [-0.1, -0.05) is 6.07 Å². The summed E-state index contributed by atoms with van der Waals surface area (Å²) in [6.07, 6.45) is 5.17. The fraction of sp³-hybridized carbons (Fsp3) is 0.333. The van der Waals surface area contributed by atoms with Gasteiger partial charge in [0.05, 0.1) is 19.0 Å². The standard InChI is InChI=1S/C15H18N4O2.2ClH/c1-11-14(17-6-8-21-11)15(20)18-12-3-2-4-13(9-12)19-7-5-16-10-19;;/h2-5,7,9-11,14,17H,6,8H2,1H3,(H,18,20);2*1H/t11-,14+;;/m1../s1. The minimum atomic E-state index is -0.323. The molecule has 1 aromatic heterocycles. The summed E-state index contributed by atoms with van der Waals surface area (Å²) in [5.74, 6) is -0.0787. The molecule has 1 aromatic carbocycles. The molecule has 0 aliphatic carbocycles. The maximum Gasteiger partial charge on any atom is 0.244 e. The zero-order valence-corrected chi connectivity index (χ0v) is 14.3. The van der Waals surface area contributed by atoms with Crippen molar-refractivity contribution in [1.29, 1.82) is 0 Å². The van der Waals surface area contributed by atoms with E-state index in [9.17, 15) is 4.79 Å². The van der Waals surface area contributed by atoms with Gasteiger partial charge in [-0.25, -0.2) is 4.98 Å². The molecule has 1 aliphatic rings. The van der Waals surface area contributed by atoms with Crippen molar-refractivity contribution in [3.05, 3.63) is 43.0 Å². The Morgan fingerprint density at radius 3 is 2.96 bits per heavy atom. The van der Waals surface area contributed by atoms with Crippen LogP contribution < -0.4 is 10.6 Å². The molecular weight excluding hydrogens is 339 g/mol. The second-order valence-electron chi connectivity index (χ2n) is 5.02. The number of hydrogen-bond acceptors (Lipinski definition) is 4. The van der Waals surface area contributed by atoms with E-state index in [0.717, 1.165) is 11.4 Å². The molecule has 2 heterocycles. The van der Waals surface area contributed by atoms with Crippen LogP contribution in [0.25, 0.3) is 5.69 Å². The van der Waals surface area contributed by atoms with Crippen molar-refractivity contribution in [3.8, 4) is 5.69 Å². The highest BCUT2D eigenvalue weighted by molar-refractivity contribution is 5.95. The van der Waals surface area contributed by atoms with Gasteiger partial charge in [0.25, 0.3) is 0 Å². The van der Waals surface area contributed by atoms with Gasteiger partial charge in [0.2, 0.25) is 5.91 Å². The fourth-order valence-corrected chi connectivity index (χ4v) is 2.40. The second kappa shape index (κ2) is 8.88. The number of aromatic nitrogens is 2. The first kappa shape index (κ1) is 19.4. The lowest BCUT2D eigenvalue weighted by Crippen LogP contribution is -2.53. The largest absolute Gasteiger partial charge is 0.375 e. The Labute approximate surface area is 147 Å². The number of amides is 1. The molecule has 0 unspecified atom stereocenters. The number of nitrogens with one attached hydrogen (secondary N) is 2. The van der Waals surface area contributed by atoms with Crippen LogP contribution in [0.1, 0.15) is 6.92 Å². The number of benzene rings is 1. The summed E-state index contributed by atoms with van der Waals surface area (Å²) < 4.78 is 7.39. The third-order valence-corrected chi connectivity index (χ3v) is 3.52. The predicted octanol–water partition coefficient (Wildman–Crippen LogP) is 2.03. The fourth-order valence-electron chi connectivity index (χ4n) is 2.40. The van der Waals surface area contributed by atoms with Gasteiger partial charge in [-0.15, -0.1) is 24.8 Å². The van der Waals surface area contributed by atoms with Crippen LogP contribution in [0.15, 0.2) is 43.0 Å². The van der Waals surface area contributed by atoms with Crippen LogP contribution in [0.5, 0.6) is 0 Å². The van der Waals surface area contributed by atoms with Crippen LogP contribution in [0.2, 0.25) is 0 Å².